The van der Waals surface area contributed by atoms with E-state index in [9.17, 15) is 9.59 Å². The fraction of sp³-hybridized carbons (Fsp3) is 0.778. The summed E-state index contributed by atoms with van der Waals surface area (Å²) in [5, 5.41) is 0. The van der Waals surface area contributed by atoms with Crippen LogP contribution >= 0.6 is 15.9 Å². The third kappa shape index (κ3) is 1.01. The predicted molar refractivity (Wildman–Crippen MR) is 50.3 cm³/mol. The number of rotatable bonds is 1. The molecule has 0 radical (unpaired) electrons. The molecule has 0 N–H and O–H groups in total. The van der Waals surface area contributed by atoms with Crippen LogP contribution in [0.25, 0.3) is 0 Å². The van der Waals surface area contributed by atoms with Gasteiger partial charge in [0.15, 0.2) is 0 Å². The number of methoxy groups -OCH3 is 1. The summed E-state index contributed by atoms with van der Waals surface area (Å²) < 4.78 is 15.4. The van der Waals surface area contributed by atoms with Crippen molar-refractivity contribution in [2.24, 2.45) is 11.8 Å². The molecule has 0 aliphatic carbocycles. The summed E-state index contributed by atoms with van der Waals surface area (Å²) in [6.07, 6.45) is -0.826. The molecule has 0 aromatic rings. The number of hydrogen-bond donors (Lipinski definition) is 0. The zero-order valence-corrected chi connectivity index (χ0v) is 9.47. The Balaban J connectivity index is 1.98. The molecular weight excluding hydrogens is 268 g/mol. The van der Waals surface area contributed by atoms with Crippen LogP contribution in [-0.2, 0) is 23.8 Å². The average Bonchev–Trinajstić information content (AvgIpc) is 2.80. The standard InChI is InChI=1S/C9H9BrO5/c1-13-8(11)2-3-6-7(15-9(3)12)4(10)5(2)14-6/h2-7H,1H3/t2-,3-,4-,5-,6-,7-/m1/s1. The molecule has 82 valence electrons. The topological polar surface area (TPSA) is 61.8 Å². The van der Waals surface area contributed by atoms with Gasteiger partial charge in [-0.2, -0.15) is 0 Å². The van der Waals surface area contributed by atoms with Gasteiger partial charge in [0.05, 0.1) is 18.0 Å². The molecule has 0 saturated carbocycles. The monoisotopic (exact) mass is 276 g/mol. The molecule has 0 aromatic carbocycles. The molecule has 3 heterocycles. The van der Waals surface area contributed by atoms with Crippen molar-refractivity contribution in [2.45, 2.75) is 23.1 Å². The number of hydrogen-bond acceptors (Lipinski definition) is 5. The Morgan fingerprint density at radius 1 is 1.40 bits per heavy atom. The molecule has 0 aromatic heterocycles. The number of carbonyl (C=O) groups is 2. The summed E-state index contributed by atoms with van der Waals surface area (Å²) in [6.45, 7) is 0. The number of carbonyl (C=O) groups excluding carboxylic acids is 2. The maximum Gasteiger partial charge on any atom is 0.313 e. The second-order valence-corrected chi connectivity index (χ2v) is 5.04. The normalized spacial score (nSPS) is 50.7. The number of halogens is 1. The smallest absolute Gasteiger partial charge is 0.313 e. The molecule has 0 spiro atoms. The highest BCUT2D eigenvalue weighted by Crippen LogP contribution is 2.52. The summed E-state index contributed by atoms with van der Waals surface area (Å²) in [7, 11) is 1.31. The van der Waals surface area contributed by atoms with E-state index in [1.165, 1.54) is 7.11 Å². The van der Waals surface area contributed by atoms with E-state index < -0.39 is 17.8 Å². The Hall–Kier alpha value is -0.620. The Morgan fingerprint density at radius 3 is 2.80 bits per heavy atom. The molecule has 3 fully saturated rings. The van der Waals surface area contributed by atoms with Gasteiger partial charge in [-0.05, 0) is 0 Å². The minimum Gasteiger partial charge on any atom is -0.469 e. The quantitative estimate of drug-likeness (QED) is 0.493. The van der Waals surface area contributed by atoms with Crippen molar-refractivity contribution in [3.05, 3.63) is 0 Å². The summed E-state index contributed by atoms with van der Waals surface area (Å²) in [5.74, 6) is -1.73. The van der Waals surface area contributed by atoms with Crippen LogP contribution in [0.1, 0.15) is 0 Å². The average molecular weight is 277 g/mol. The second-order valence-electron chi connectivity index (χ2n) is 3.99. The number of esters is 2. The SMILES string of the molecule is COC(=O)[C@H]1[C@H]2O[C@H]3[C@H](OC(=O)[C@@H]31)[C@@H]2Br. The first-order valence-corrected chi connectivity index (χ1v) is 5.64. The van der Waals surface area contributed by atoms with Gasteiger partial charge in [0, 0.05) is 0 Å². The van der Waals surface area contributed by atoms with Crippen LogP contribution in [-0.4, -0.2) is 42.2 Å². The Kier molecular flexibility index (Phi) is 1.88. The molecule has 6 atom stereocenters. The van der Waals surface area contributed by atoms with E-state index >= 15 is 0 Å². The Labute approximate surface area is 94.2 Å². The molecule has 3 rings (SSSR count). The van der Waals surface area contributed by atoms with Gasteiger partial charge in [0.1, 0.15) is 24.0 Å². The molecule has 3 aliphatic rings. The lowest BCUT2D eigenvalue weighted by atomic mass is 9.80. The van der Waals surface area contributed by atoms with Gasteiger partial charge >= 0.3 is 11.9 Å². The fourth-order valence-corrected chi connectivity index (χ4v) is 3.59. The molecule has 6 heteroatoms. The molecule has 5 nitrogen and oxygen atoms in total. The highest BCUT2D eigenvalue weighted by Gasteiger charge is 2.69. The minimum absolute atomic E-state index is 0.103. The van der Waals surface area contributed by atoms with Crippen molar-refractivity contribution in [3.63, 3.8) is 0 Å². The van der Waals surface area contributed by atoms with E-state index in [2.05, 4.69) is 20.7 Å². The van der Waals surface area contributed by atoms with Gasteiger partial charge in [0.2, 0.25) is 0 Å². The zero-order valence-electron chi connectivity index (χ0n) is 7.88. The van der Waals surface area contributed by atoms with Crippen LogP contribution in [0.2, 0.25) is 0 Å². The third-order valence-corrected chi connectivity index (χ3v) is 4.40. The lowest BCUT2D eigenvalue weighted by Crippen LogP contribution is -2.43. The van der Waals surface area contributed by atoms with Crippen LogP contribution in [0.4, 0.5) is 0 Å². The fourth-order valence-electron chi connectivity index (χ4n) is 2.72. The van der Waals surface area contributed by atoms with Crippen molar-refractivity contribution in [3.8, 4) is 0 Å². The van der Waals surface area contributed by atoms with E-state index in [1.807, 2.05) is 0 Å². The summed E-state index contributed by atoms with van der Waals surface area (Å²) in [4.78, 5) is 23.0. The summed E-state index contributed by atoms with van der Waals surface area (Å²) in [5.41, 5.74) is 0. The van der Waals surface area contributed by atoms with E-state index in [0.717, 1.165) is 0 Å². The van der Waals surface area contributed by atoms with Gasteiger partial charge in [-0.3, -0.25) is 9.59 Å². The van der Waals surface area contributed by atoms with Crippen molar-refractivity contribution < 1.29 is 23.8 Å². The molecule has 3 aliphatic heterocycles. The van der Waals surface area contributed by atoms with Crippen LogP contribution in [0, 0.1) is 11.8 Å². The van der Waals surface area contributed by atoms with Crippen molar-refractivity contribution in [1.29, 1.82) is 0 Å². The van der Waals surface area contributed by atoms with E-state index in [1.54, 1.807) is 0 Å². The molecule has 3 saturated heterocycles. The van der Waals surface area contributed by atoms with Crippen LogP contribution < -0.4 is 0 Å². The van der Waals surface area contributed by atoms with Crippen LogP contribution in [0.5, 0.6) is 0 Å². The van der Waals surface area contributed by atoms with Crippen molar-refractivity contribution in [2.75, 3.05) is 7.11 Å². The largest absolute Gasteiger partial charge is 0.469 e. The van der Waals surface area contributed by atoms with E-state index in [4.69, 9.17) is 9.47 Å². The molecule has 2 bridgehead atoms. The van der Waals surface area contributed by atoms with Gasteiger partial charge < -0.3 is 14.2 Å². The zero-order chi connectivity index (χ0) is 10.7. The maximum atomic E-state index is 11.6. The predicted octanol–water partition coefficient (Wildman–Crippen LogP) is -0.138. The van der Waals surface area contributed by atoms with E-state index in [-0.39, 0.29) is 29.1 Å². The van der Waals surface area contributed by atoms with E-state index in [0.29, 0.717) is 0 Å². The van der Waals surface area contributed by atoms with Crippen molar-refractivity contribution in [1.82, 2.24) is 0 Å². The molecular formula is C9H9BrO5. The van der Waals surface area contributed by atoms with Crippen LogP contribution in [0.3, 0.4) is 0 Å². The van der Waals surface area contributed by atoms with Gasteiger partial charge in [-0.25, -0.2) is 0 Å². The van der Waals surface area contributed by atoms with Crippen molar-refractivity contribution >= 4 is 27.9 Å². The molecule has 0 amide bonds. The summed E-state index contributed by atoms with van der Waals surface area (Å²) in [6, 6.07) is 0. The molecule has 0 unspecified atom stereocenters. The van der Waals surface area contributed by atoms with Gasteiger partial charge in [-0.15, -0.1) is 0 Å². The van der Waals surface area contributed by atoms with Gasteiger partial charge in [0.25, 0.3) is 0 Å². The Bertz CT molecular complexity index is 343. The number of alkyl halides is 1. The number of ether oxygens (including phenoxy) is 3. The first-order chi connectivity index (χ1) is 7.15. The summed E-state index contributed by atoms with van der Waals surface area (Å²) >= 11 is 3.40. The first-order valence-electron chi connectivity index (χ1n) is 4.73. The highest BCUT2D eigenvalue weighted by atomic mass is 79.9. The lowest BCUT2D eigenvalue weighted by molar-refractivity contribution is -0.153. The molecule has 15 heavy (non-hydrogen) atoms. The van der Waals surface area contributed by atoms with Gasteiger partial charge in [-0.1, -0.05) is 15.9 Å². The Morgan fingerprint density at radius 2 is 2.13 bits per heavy atom. The lowest BCUT2D eigenvalue weighted by Gasteiger charge is -2.22. The minimum atomic E-state index is -0.518. The first kappa shape index (κ1) is 9.59. The second kappa shape index (κ2) is 2.95. The third-order valence-electron chi connectivity index (χ3n) is 3.36. The maximum absolute atomic E-state index is 11.6. The van der Waals surface area contributed by atoms with Crippen LogP contribution in [0.15, 0.2) is 0 Å². The highest BCUT2D eigenvalue weighted by molar-refractivity contribution is 9.09. The number of fused-ring (bicyclic) bond motifs is 1.